The third kappa shape index (κ3) is 2.39. The Labute approximate surface area is 125 Å². The molecule has 2 aliphatic rings. The molecule has 0 amide bonds. The summed E-state index contributed by atoms with van der Waals surface area (Å²) in [6.07, 6.45) is 4.17. The number of nitrogens with one attached hydrogen (secondary N) is 1. The molecule has 1 N–H and O–H groups in total. The molecule has 3 heterocycles. The van der Waals surface area contributed by atoms with E-state index in [1.54, 1.807) is 0 Å². The van der Waals surface area contributed by atoms with Gasteiger partial charge in [0.05, 0.1) is 11.9 Å². The number of rotatable bonds is 3. The Hall–Kier alpha value is -1.65. The highest BCUT2D eigenvalue weighted by Crippen LogP contribution is 2.33. The minimum Gasteiger partial charge on any atom is -0.316 e. The van der Waals surface area contributed by atoms with Crippen LogP contribution in [0.15, 0.2) is 42.7 Å². The van der Waals surface area contributed by atoms with Gasteiger partial charge in [0.1, 0.15) is 0 Å². The zero-order valence-corrected chi connectivity index (χ0v) is 12.4. The molecule has 1 aromatic heterocycles. The van der Waals surface area contributed by atoms with Crippen LogP contribution in [-0.4, -0.2) is 40.4 Å². The van der Waals surface area contributed by atoms with Crippen molar-refractivity contribution in [2.75, 3.05) is 19.6 Å². The van der Waals surface area contributed by atoms with E-state index in [1.165, 1.54) is 25.2 Å². The van der Waals surface area contributed by atoms with E-state index in [0.717, 1.165) is 24.1 Å². The maximum absolute atomic E-state index is 4.50. The zero-order valence-electron chi connectivity index (χ0n) is 12.4. The summed E-state index contributed by atoms with van der Waals surface area (Å²) in [7, 11) is 0. The molecule has 0 bridgehead atoms. The SMILES string of the molecule is CC1C2CNCC2CN1Cc1cnn(-c2ccccc2)c1. The largest absolute Gasteiger partial charge is 0.316 e. The van der Waals surface area contributed by atoms with Crippen molar-refractivity contribution < 1.29 is 0 Å². The lowest BCUT2D eigenvalue weighted by Crippen LogP contribution is -2.32. The van der Waals surface area contributed by atoms with Gasteiger partial charge in [-0.15, -0.1) is 0 Å². The zero-order chi connectivity index (χ0) is 14.2. The number of aromatic nitrogens is 2. The Bertz CT molecular complexity index is 606. The van der Waals surface area contributed by atoms with Gasteiger partial charge in [0, 0.05) is 30.9 Å². The average molecular weight is 282 g/mol. The first-order valence-electron chi connectivity index (χ1n) is 7.85. The first kappa shape index (κ1) is 13.0. The standard InChI is InChI=1S/C17H22N4/c1-13-17-9-18-8-15(17)12-20(13)10-14-7-19-21(11-14)16-5-3-2-4-6-16/h2-7,11,13,15,17-18H,8-10,12H2,1H3. The molecular formula is C17H22N4. The van der Waals surface area contributed by atoms with Crippen molar-refractivity contribution >= 4 is 0 Å². The number of benzene rings is 1. The number of nitrogens with zero attached hydrogens (tertiary/aromatic N) is 3. The summed E-state index contributed by atoms with van der Waals surface area (Å²) >= 11 is 0. The van der Waals surface area contributed by atoms with Gasteiger partial charge in [-0.2, -0.15) is 5.10 Å². The quantitative estimate of drug-likeness (QED) is 0.933. The molecule has 1 aromatic carbocycles. The minimum absolute atomic E-state index is 0.671. The molecule has 2 fully saturated rings. The molecule has 3 unspecified atom stereocenters. The van der Waals surface area contributed by atoms with Gasteiger partial charge in [0.15, 0.2) is 0 Å². The fourth-order valence-corrected chi connectivity index (χ4v) is 3.86. The molecule has 4 rings (SSSR count). The number of hydrogen-bond acceptors (Lipinski definition) is 3. The second-order valence-electron chi connectivity index (χ2n) is 6.38. The number of likely N-dealkylation sites (tertiary alicyclic amines) is 1. The highest BCUT2D eigenvalue weighted by atomic mass is 15.3. The molecule has 0 spiro atoms. The van der Waals surface area contributed by atoms with Gasteiger partial charge < -0.3 is 5.32 Å². The van der Waals surface area contributed by atoms with Crippen molar-refractivity contribution in [1.29, 1.82) is 0 Å². The highest BCUT2D eigenvalue weighted by molar-refractivity contribution is 5.30. The number of hydrogen-bond donors (Lipinski definition) is 1. The molecular weight excluding hydrogens is 260 g/mol. The van der Waals surface area contributed by atoms with Gasteiger partial charge in [-0.1, -0.05) is 18.2 Å². The van der Waals surface area contributed by atoms with Crippen LogP contribution in [0, 0.1) is 11.8 Å². The predicted molar refractivity (Wildman–Crippen MR) is 83.3 cm³/mol. The Morgan fingerprint density at radius 3 is 2.90 bits per heavy atom. The van der Waals surface area contributed by atoms with Crippen molar-refractivity contribution in [3.05, 3.63) is 48.3 Å². The van der Waals surface area contributed by atoms with Crippen molar-refractivity contribution in [1.82, 2.24) is 20.0 Å². The molecule has 2 aromatic rings. The summed E-state index contributed by atoms with van der Waals surface area (Å²) in [5.41, 5.74) is 2.43. The smallest absolute Gasteiger partial charge is 0.0645 e. The van der Waals surface area contributed by atoms with Crippen LogP contribution >= 0.6 is 0 Å². The Kier molecular flexibility index (Phi) is 3.28. The van der Waals surface area contributed by atoms with E-state index >= 15 is 0 Å². The van der Waals surface area contributed by atoms with E-state index in [9.17, 15) is 0 Å². The summed E-state index contributed by atoms with van der Waals surface area (Å²) in [5, 5.41) is 8.02. The molecule has 4 heteroatoms. The molecule has 3 atom stereocenters. The third-order valence-corrected chi connectivity index (χ3v) is 5.10. The van der Waals surface area contributed by atoms with E-state index in [-0.39, 0.29) is 0 Å². The lowest BCUT2D eigenvalue weighted by molar-refractivity contribution is 0.231. The molecule has 0 aliphatic carbocycles. The van der Waals surface area contributed by atoms with Crippen LogP contribution in [0.1, 0.15) is 12.5 Å². The molecule has 4 nitrogen and oxygen atoms in total. The van der Waals surface area contributed by atoms with E-state index < -0.39 is 0 Å². The molecule has 21 heavy (non-hydrogen) atoms. The van der Waals surface area contributed by atoms with E-state index in [4.69, 9.17) is 0 Å². The van der Waals surface area contributed by atoms with Crippen molar-refractivity contribution in [2.45, 2.75) is 19.5 Å². The highest BCUT2D eigenvalue weighted by Gasteiger charge is 2.41. The third-order valence-electron chi connectivity index (χ3n) is 5.10. The van der Waals surface area contributed by atoms with Gasteiger partial charge in [0.2, 0.25) is 0 Å². The number of para-hydroxylation sites is 1. The van der Waals surface area contributed by atoms with Crippen molar-refractivity contribution in [3.8, 4) is 5.69 Å². The van der Waals surface area contributed by atoms with Crippen LogP contribution in [0.4, 0.5) is 0 Å². The molecule has 2 saturated heterocycles. The maximum Gasteiger partial charge on any atom is 0.0645 e. The molecule has 0 radical (unpaired) electrons. The van der Waals surface area contributed by atoms with Gasteiger partial charge in [-0.3, -0.25) is 4.90 Å². The summed E-state index contributed by atoms with van der Waals surface area (Å²) in [6, 6.07) is 11.0. The Morgan fingerprint density at radius 2 is 2.10 bits per heavy atom. The first-order chi connectivity index (χ1) is 10.3. The Morgan fingerprint density at radius 1 is 1.24 bits per heavy atom. The van der Waals surface area contributed by atoms with Gasteiger partial charge in [-0.25, -0.2) is 4.68 Å². The van der Waals surface area contributed by atoms with Crippen LogP contribution < -0.4 is 5.32 Å². The van der Waals surface area contributed by atoms with Crippen LogP contribution in [0.25, 0.3) is 5.69 Å². The van der Waals surface area contributed by atoms with Gasteiger partial charge >= 0.3 is 0 Å². The van der Waals surface area contributed by atoms with Crippen LogP contribution in [0.3, 0.4) is 0 Å². The average Bonchev–Trinajstić information content (AvgIpc) is 3.21. The second kappa shape index (κ2) is 5.28. The van der Waals surface area contributed by atoms with Gasteiger partial charge in [0.25, 0.3) is 0 Å². The van der Waals surface area contributed by atoms with Crippen molar-refractivity contribution in [3.63, 3.8) is 0 Å². The summed E-state index contributed by atoms with van der Waals surface area (Å²) in [4.78, 5) is 2.61. The number of fused-ring (bicyclic) bond motifs is 1. The van der Waals surface area contributed by atoms with E-state index in [2.05, 4.69) is 40.6 Å². The molecule has 2 aliphatic heterocycles. The van der Waals surface area contributed by atoms with E-state index in [0.29, 0.717) is 6.04 Å². The second-order valence-corrected chi connectivity index (χ2v) is 6.38. The fraction of sp³-hybridized carbons (Fsp3) is 0.471. The summed E-state index contributed by atoms with van der Waals surface area (Å²) in [5.74, 6) is 1.67. The Balaban J connectivity index is 1.48. The molecule has 0 saturated carbocycles. The maximum atomic E-state index is 4.50. The normalized spacial score (nSPS) is 28.9. The predicted octanol–water partition coefficient (Wildman–Crippen LogP) is 1.91. The minimum atomic E-state index is 0.671. The fourth-order valence-electron chi connectivity index (χ4n) is 3.86. The lowest BCUT2D eigenvalue weighted by Gasteiger charge is -2.23. The summed E-state index contributed by atoms with van der Waals surface area (Å²) < 4.78 is 1.97. The molecule has 110 valence electrons. The van der Waals surface area contributed by atoms with Crippen LogP contribution in [-0.2, 0) is 6.54 Å². The summed E-state index contributed by atoms with van der Waals surface area (Å²) in [6.45, 7) is 6.98. The topological polar surface area (TPSA) is 33.1 Å². The van der Waals surface area contributed by atoms with E-state index in [1.807, 2.05) is 29.1 Å². The monoisotopic (exact) mass is 282 g/mol. The van der Waals surface area contributed by atoms with Gasteiger partial charge in [-0.05, 0) is 44.0 Å². The lowest BCUT2D eigenvalue weighted by atomic mass is 9.95. The van der Waals surface area contributed by atoms with Crippen LogP contribution in [0.2, 0.25) is 0 Å². The van der Waals surface area contributed by atoms with Crippen LogP contribution in [0.5, 0.6) is 0 Å². The van der Waals surface area contributed by atoms with Crippen molar-refractivity contribution in [2.24, 2.45) is 11.8 Å². The first-order valence-corrected chi connectivity index (χ1v) is 7.85.